The zero-order valence-electron chi connectivity index (χ0n) is 17.2. The molecule has 0 unspecified atom stereocenters. The summed E-state index contributed by atoms with van der Waals surface area (Å²) in [5.74, 6) is 1.75. The van der Waals surface area contributed by atoms with Gasteiger partial charge >= 0.3 is 0 Å². The molecule has 8 nitrogen and oxygen atoms in total. The Morgan fingerprint density at radius 2 is 1.97 bits per heavy atom. The molecule has 1 aromatic carbocycles. The quantitative estimate of drug-likeness (QED) is 0.537. The Labute approximate surface area is 185 Å². The molecular formula is C22H24N6O2S. The van der Waals surface area contributed by atoms with Gasteiger partial charge in [0.05, 0.1) is 31.1 Å². The monoisotopic (exact) mass is 436 g/mol. The summed E-state index contributed by atoms with van der Waals surface area (Å²) in [4.78, 5) is 14.7. The molecule has 1 fully saturated rings. The Morgan fingerprint density at radius 1 is 1.16 bits per heavy atom. The predicted molar refractivity (Wildman–Crippen MR) is 119 cm³/mol. The first kappa shape index (κ1) is 21.0. The third-order valence-corrected chi connectivity index (χ3v) is 6.05. The summed E-state index contributed by atoms with van der Waals surface area (Å²) in [6.45, 7) is 2.45. The summed E-state index contributed by atoms with van der Waals surface area (Å²) in [6.07, 6.45) is 5.54. The normalized spacial score (nSPS) is 13.7. The van der Waals surface area contributed by atoms with Crippen LogP contribution in [0.15, 0.2) is 52.2 Å². The molecule has 3 heterocycles. The van der Waals surface area contributed by atoms with Crippen molar-refractivity contribution in [1.29, 1.82) is 5.26 Å². The maximum absolute atomic E-state index is 12.5. The standard InChI is InChI=1S/C22H24N6O2S/c23-11-10-17-6-8-18(9-7-17)24-20(29)16-31-22-26-25-21(27-12-2-1-3-13-27)28(22)15-19-5-4-14-30-19/h4-9,14H,1-3,10,12-13,15-16H2,(H,24,29). The van der Waals surface area contributed by atoms with Crippen molar-refractivity contribution >= 4 is 29.3 Å². The molecule has 2 aromatic heterocycles. The van der Waals surface area contributed by atoms with E-state index in [0.29, 0.717) is 23.8 Å². The molecule has 1 aliphatic heterocycles. The van der Waals surface area contributed by atoms with E-state index in [0.717, 1.165) is 43.2 Å². The molecule has 0 aliphatic carbocycles. The van der Waals surface area contributed by atoms with Gasteiger partial charge in [-0.1, -0.05) is 23.9 Å². The molecule has 0 spiro atoms. The number of amides is 1. The highest BCUT2D eigenvalue weighted by Crippen LogP contribution is 2.26. The highest BCUT2D eigenvalue weighted by molar-refractivity contribution is 7.99. The molecule has 1 amide bonds. The second kappa shape index (κ2) is 10.2. The van der Waals surface area contributed by atoms with Gasteiger partial charge in [0.25, 0.3) is 0 Å². The van der Waals surface area contributed by atoms with E-state index in [2.05, 4.69) is 26.5 Å². The highest BCUT2D eigenvalue weighted by Gasteiger charge is 2.21. The second-order valence-corrected chi connectivity index (χ2v) is 8.31. The number of benzene rings is 1. The molecule has 0 bridgehead atoms. The number of hydrogen-bond donors (Lipinski definition) is 1. The summed E-state index contributed by atoms with van der Waals surface area (Å²) in [6, 6.07) is 13.2. The van der Waals surface area contributed by atoms with E-state index in [1.54, 1.807) is 6.26 Å². The van der Waals surface area contributed by atoms with Crippen LogP contribution >= 0.6 is 11.8 Å². The van der Waals surface area contributed by atoms with Crippen LogP contribution in [0.5, 0.6) is 0 Å². The van der Waals surface area contributed by atoms with Crippen LogP contribution in [0, 0.1) is 11.3 Å². The Balaban J connectivity index is 1.42. The van der Waals surface area contributed by atoms with Crippen LogP contribution < -0.4 is 10.2 Å². The van der Waals surface area contributed by atoms with Crippen LogP contribution in [0.25, 0.3) is 0 Å². The van der Waals surface area contributed by atoms with E-state index in [9.17, 15) is 4.79 Å². The maximum atomic E-state index is 12.5. The lowest BCUT2D eigenvalue weighted by molar-refractivity contribution is -0.113. The summed E-state index contributed by atoms with van der Waals surface area (Å²) >= 11 is 1.36. The van der Waals surface area contributed by atoms with Crippen molar-refractivity contribution in [3.8, 4) is 6.07 Å². The molecule has 1 N–H and O–H groups in total. The van der Waals surface area contributed by atoms with Gasteiger partial charge < -0.3 is 14.6 Å². The minimum Gasteiger partial charge on any atom is -0.467 e. The molecule has 0 atom stereocenters. The van der Waals surface area contributed by atoms with E-state index in [1.807, 2.05) is 41.0 Å². The van der Waals surface area contributed by atoms with Crippen LogP contribution in [-0.4, -0.2) is 39.5 Å². The van der Waals surface area contributed by atoms with Gasteiger partial charge in [-0.05, 0) is 49.1 Å². The van der Waals surface area contributed by atoms with Gasteiger partial charge in [0.2, 0.25) is 11.9 Å². The lowest BCUT2D eigenvalue weighted by Gasteiger charge is -2.27. The first-order chi connectivity index (χ1) is 15.2. The van der Waals surface area contributed by atoms with E-state index in [1.165, 1.54) is 18.2 Å². The van der Waals surface area contributed by atoms with Crippen LogP contribution in [-0.2, 0) is 17.8 Å². The van der Waals surface area contributed by atoms with Gasteiger partial charge in [0.1, 0.15) is 5.76 Å². The molecule has 0 radical (unpaired) electrons. The number of aromatic nitrogens is 3. The Hall–Kier alpha value is -3.25. The summed E-state index contributed by atoms with van der Waals surface area (Å²) in [7, 11) is 0. The molecule has 1 saturated heterocycles. The molecule has 31 heavy (non-hydrogen) atoms. The number of nitrogens with zero attached hydrogens (tertiary/aromatic N) is 5. The Bertz CT molecular complexity index is 1030. The first-order valence-electron chi connectivity index (χ1n) is 10.3. The van der Waals surface area contributed by atoms with Gasteiger partial charge in [0.15, 0.2) is 5.16 Å². The smallest absolute Gasteiger partial charge is 0.234 e. The van der Waals surface area contributed by atoms with Crippen molar-refractivity contribution in [3.05, 3.63) is 54.0 Å². The van der Waals surface area contributed by atoms with Crippen molar-refractivity contribution in [2.24, 2.45) is 0 Å². The zero-order chi connectivity index (χ0) is 21.5. The van der Waals surface area contributed by atoms with Gasteiger partial charge in [-0.3, -0.25) is 9.36 Å². The van der Waals surface area contributed by atoms with E-state index < -0.39 is 0 Å². The largest absolute Gasteiger partial charge is 0.467 e. The van der Waals surface area contributed by atoms with E-state index >= 15 is 0 Å². The van der Waals surface area contributed by atoms with Crippen LogP contribution in [0.1, 0.15) is 30.6 Å². The molecule has 4 rings (SSSR count). The Kier molecular flexibility index (Phi) is 6.89. The number of carbonyl (C=O) groups excluding carboxylic acids is 1. The fraction of sp³-hybridized carbons (Fsp3) is 0.364. The van der Waals surface area contributed by atoms with Gasteiger partial charge in [0, 0.05) is 18.8 Å². The number of piperidine rings is 1. The summed E-state index contributed by atoms with van der Waals surface area (Å²) in [5.41, 5.74) is 1.63. The van der Waals surface area contributed by atoms with E-state index in [-0.39, 0.29) is 11.7 Å². The fourth-order valence-electron chi connectivity index (χ4n) is 3.54. The lowest BCUT2D eigenvalue weighted by atomic mass is 10.1. The van der Waals surface area contributed by atoms with Crippen molar-refractivity contribution in [2.45, 2.75) is 37.4 Å². The van der Waals surface area contributed by atoms with Gasteiger partial charge in [-0.2, -0.15) is 5.26 Å². The predicted octanol–water partition coefficient (Wildman–Crippen LogP) is 3.71. The van der Waals surface area contributed by atoms with Crippen molar-refractivity contribution in [3.63, 3.8) is 0 Å². The minimum atomic E-state index is -0.120. The van der Waals surface area contributed by atoms with Crippen LogP contribution in [0.2, 0.25) is 0 Å². The maximum Gasteiger partial charge on any atom is 0.234 e. The third-order valence-electron chi connectivity index (χ3n) is 5.08. The minimum absolute atomic E-state index is 0.120. The van der Waals surface area contributed by atoms with Gasteiger partial charge in [-0.25, -0.2) is 0 Å². The summed E-state index contributed by atoms with van der Waals surface area (Å²) in [5, 5.41) is 21.1. The first-order valence-corrected chi connectivity index (χ1v) is 11.3. The van der Waals surface area contributed by atoms with Crippen molar-refractivity contribution in [2.75, 3.05) is 29.1 Å². The van der Waals surface area contributed by atoms with Crippen LogP contribution in [0.3, 0.4) is 0 Å². The van der Waals surface area contributed by atoms with E-state index in [4.69, 9.17) is 9.68 Å². The third kappa shape index (κ3) is 5.47. The van der Waals surface area contributed by atoms with Crippen molar-refractivity contribution < 1.29 is 9.21 Å². The SMILES string of the molecule is N#CCc1ccc(NC(=O)CSc2nnc(N3CCCCC3)n2Cc2ccco2)cc1. The number of nitrogens with one attached hydrogen (secondary N) is 1. The number of thioether (sulfide) groups is 1. The van der Waals surface area contributed by atoms with Gasteiger partial charge in [-0.15, -0.1) is 10.2 Å². The number of furan rings is 1. The summed E-state index contributed by atoms with van der Waals surface area (Å²) < 4.78 is 7.56. The molecule has 9 heteroatoms. The second-order valence-electron chi connectivity index (χ2n) is 7.36. The van der Waals surface area contributed by atoms with Crippen LogP contribution in [0.4, 0.5) is 11.6 Å². The average molecular weight is 437 g/mol. The number of carbonyl (C=O) groups is 1. The topological polar surface area (TPSA) is 100.0 Å². The number of anilines is 2. The highest BCUT2D eigenvalue weighted by atomic mass is 32.2. The lowest BCUT2D eigenvalue weighted by Crippen LogP contribution is -2.32. The average Bonchev–Trinajstić information content (AvgIpc) is 3.45. The number of nitriles is 1. The molecule has 0 saturated carbocycles. The molecular weight excluding hydrogens is 412 g/mol. The van der Waals surface area contributed by atoms with Crippen molar-refractivity contribution in [1.82, 2.24) is 14.8 Å². The number of rotatable bonds is 8. The number of hydrogen-bond acceptors (Lipinski definition) is 7. The Morgan fingerprint density at radius 3 is 2.68 bits per heavy atom. The zero-order valence-corrected chi connectivity index (χ0v) is 18.0. The molecule has 3 aromatic rings. The fourth-order valence-corrected chi connectivity index (χ4v) is 4.27. The molecule has 1 aliphatic rings. The molecule has 160 valence electrons.